The average molecular weight is 528 g/mol. The van der Waals surface area contributed by atoms with Crippen LogP contribution in [0, 0.1) is 11.3 Å². The van der Waals surface area contributed by atoms with Crippen molar-refractivity contribution < 1.29 is 14.2 Å². The SMILES string of the molecule is CCc1nc2ncc(Cl)cn2c1[C@@H](O)NC[C@H]1C=C[C@@H](N2CC3(CC(O[C@@H]4C=CC(F)=CC4)C3)C2)CC1. The lowest BCUT2D eigenvalue weighted by atomic mass is 9.61. The van der Waals surface area contributed by atoms with Crippen LogP contribution in [0.3, 0.4) is 0 Å². The highest BCUT2D eigenvalue weighted by atomic mass is 35.5. The van der Waals surface area contributed by atoms with Gasteiger partial charge in [-0.05, 0) is 56.6 Å². The Balaban J connectivity index is 0.958. The van der Waals surface area contributed by atoms with Crippen LogP contribution in [-0.4, -0.2) is 62.3 Å². The van der Waals surface area contributed by atoms with Gasteiger partial charge in [-0.15, -0.1) is 0 Å². The first-order valence-corrected chi connectivity index (χ1v) is 13.8. The molecule has 198 valence electrons. The fourth-order valence-corrected chi connectivity index (χ4v) is 6.60. The Labute approximate surface area is 222 Å². The van der Waals surface area contributed by atoms with Crippen LogP contribution in [0.2, 0.25) is 5.02 Å². The normalized spacial score (nSPS) is 28.3. The molecule has 9 heteroatoms. The molecule has 3 aliphatic carbocycles. The molecule has 37 heavy (non-hydrogen) atoms. The van der Waals surface area contributed by atoms with Crippen LogP contribution in [0.1, 0.15) is 56.6 Å². The van der Waals surface area contributed by atoms with Gasteiger partial charge in [-0.25, -0.2) is 14.4 Å². The molecule has 1 saturated heterocycles. The molecule has 0 aromatic carbocycles. The quantitative estimate of drug-likeness (QED) is 0.388. The minimum atomic E-state index is -0.834. The Morgan fingerprint density at radius 2 is 2.11 bits per heavy atom. The van der Waals surface area contributed by atoms with Crippen LogP contribution in [-0.2, 0) is 11.2 Å². The van der Waals surface area contributed by atoms with E-state index in [4.69, 9.17) is 16.3 Å². The van der Waals surface area contributed by atoms with Crippen LogP contribution < -0.4 is 5.32 Å². The van der Waals surface area contributed by atoms with E-state index in [1.807, 2.05) is 13.0 Å². The molecule has 6 rings (SSSR count). The number of hydrogen-bond acceptors (Lipinski definition) is 6. The summed E-state index contributed by atoms with van der Waals surface area (Å²) in [5.41, 5.74) is 1.95. The number of allylic oxidation sites excluding steroid dienone is 2. The van der Waals surface area contributed by atoms with Crippen LogP contribution in [0.25, 0.3) is 5.78 Å². The van der Waals surface area contributed by atoms with Crippen LogP contribution >= 0.6 is 11.6 Å². The van der Waals surface area contributed by atoms with E-state index < -0.39 is 6.23 Å². The number of hydrogen-bond donors (Lipinski definition) is 2. The Bertz CT molecular complexity index is 1230. The standard InChI is InChI=1S/C28H35ClFN5O2/c1-2-24-25(35-15-19(29)14-32-27(35)33-24)26(36)31-13-18-3-7-21(8-4-18)34-16-28(17-34)11-23(12-28)37-22-9-5-20(30)6-10-22/h3,5-7,9,14-15,18,21-23,26,31,36H,2,4,8,10-13,16-17H2,1H3/t18-,21+,22+,26+/m0/s1. The van der Waals surface area contributed by atoms with Gasteiger partial charge in [-0.2, -0.15) is 0 Å². The molecule has 0 radical (unpaired) electrons. The van der Waals surface area contributed by atoms with Gasteiger partial charge in [0.1, 0.15) is 12.1 Å². The van der Waals surface area contributed by atoms with E-state index in [1.54, 1.807) is 22.9 Å². The number of rotatable bonds is 8. The van der Waals surface area contributed by atoms with Crippen molar-refractivity contribution in [2.75, 3.05) is 19.6 Å². The molecule has 0 bridgehead atoms. The van der Waals surface area contributed by atoms with E-state index in [9.17, 15) is 9.50 Å². The fourth-order valence-electron chi connectivity index (χ4n) is 6.45. The molecule has 1 spiro atoms. The maximum Gasteiger partial charge on any atom is 0.234 e. The summed E-state index contributed by atoms with van der Waals surface area (Å²) in [7, 11) is 0. The molecular weight excluding hydrogens is 493 g/mol. The van der Waals surface area contributed by atoms with E-state index in [1.165, 1.54) is 6.08 Å². The van der Waals surface area contributed by atoms with Crippen LogP contribution in [0.15, 0.2) is 48.6 Å². The molecule has 2 aromatic rings. The molecular formula is C28H35ClFN5O2. The highest BCUT2D eigenvalue weighted by Gasteiger charge is 2.54. The van der Waals surface area contributed by atoms with Gasteiger partial charge in [0, 0.05) is 37.3 Å². The van der Waals surface area contributed by atoms with Crippen molar-refractivity contribution in [3.05, 3.63) is 65.0 Å². The third kappa shape index (κ3) is 5.14. The molecule has 0 amide bonds. The largest absolute Gasteiger partial charge is 0.373 e. The minimum absolute atomic E-state index is 0.0269. The number of aryl methyl sites for hydroxylation is 1. The number of fused-ring (bicyclic) bond motifs is 1. The third-order valence-electron chi connectivity index (χ3n) is 8.42. The Morgan fingerprint density at radius 1 is 1.27 bits per heavy atom. The second-order valence-electron chi connectivity index (χ2n) is 11.1. The first-order chi connectivity index (χ1) is 17.9. The molecule has 1 saturated carbocycles. The number of nitrogens with zero attached hydrogens (tertiary/aromatic N) is 4. The van der Waals surface area contributed by atoms with E-state index in [-0.39, 0.29) is 11.9 Å². The predicted molar refractivity (Wildman–Crippen MR) is 141 cm³/mol. The van der Waals surface area contributed by atoms with Crippen molar-refractivity contribution in [1.29, 1.82) is 0 Å². The van der Waals surface area contributed by atoms with Gasteiger partial charge in [-0.3, -0.25) is 14.6 Å². The molecule has 1 aliphatic heterocycles. The smallest absolute Gasteiger partial charge is 0.234 e. The number of nitrogens with one attached hydrogen (secondary N) is 1. The zero-order valence-electron chi connectivity index (χ0n) is 21.2. The first kappa shape index (κ1) is 25.2. The van der Waals surface area contributed by atoms with Gasteiger partial charge in [-0.1, -0.05) is 36.8 Å². The summed E-state index contributed by atoms with van der Waals surface area (Å²) < 4.78 is 21.1. The van der Waals surface area contributed by atoms with Gasteiger partial charge in [0.2, 0.25) is 5.78 Å². The first-order valence-electron chi connectivity index (χ1n) is 13.5. The summed E-state index contributed by atoms with van der Waals surface area (Å²) in [4.78, 5) is 11.4. The highest BCUT2D eigenvalue weighted by Crippen LogP contribution is 2.51. The summed E-state index contributed by atoms with van der Waals surface area (Å²) >= 11 is 6.14. The van der Waals surface area contributed by atoms with Gasteiger partial charge in [0.25, 0.3) is 0 Å². The second-order valence-corrected chi connectivity index (χ2v) is 11.6. The topological polar surface area (TPSA) is 74.9 Å². The molecule has 4 atom stereocenters. The molecule has 3 heterocycles. The third-order valence-corrected chi connectivity index (χ3v) is 8.61. The zero-order chi connectivity index (χ0) is 25.6. The number of aliphatic hydroxyl groups is 1. The van der Waals surface area contributed by atoms with Gasteiger partial charge < -0.3 is 9.84 Å². The molecule has 0 unspecified atom stereocenters. The molecule has 4 aliphatic rings. The molecule has 2 N–H and O–H groups in total. The van der Waals surface area contributed by atoms with Gasteiger partial charge in [0.15, 0.2) is 0 Å². The highest BCUT2D eigenvalue weighted by molar-refractivity contribution is 6.30. The average Bonchev–Trinajstić information content (AvgIpc) is 3.22. The van der Waals surface area contributed by atoms with Crippen molar-refractivity contribution in [3.8, 4) is 0 Å². The maximum atomic E-state index is 13.1. The van der Waals surface area contributed by atoms with E-state index in [2.05, 4.69) is 32.3 Å². The Morgan fingerprint density at radius 3 is 2.81 bits per heavy atom. The van der Waals surface area contributed by atoms with Crippen molar-refractivity contribution in [1.82, 2.24) is 24.6 Å². The van der Waals surface area contributed by atoms with Crippen molar-refractivity contribution in [3.63, 3.8) is 0 Å². The van der Waals surface area contributed by atoms with Crippen molar-refractivity contribution in [2.45, 2.75) is 69.9 Å². The molecule has 2 aromatic heterocycles. The van der Waals surface area contributed by atoms with Crippen LogP contribution in [0.5, 0.6) is 0 Å². The summed E-state index contributed by atoms with van der Waals surface area (Å²) in [6.45, 7) is 5.01. The number of ether oxygens (including phenoxy) is 1. The predicted octanol–water partition coefficient (Wildman–Crippen LogP) is 4.52. The number of likely N-dealkylation sites (tertiary alicyclic amines) is 1. The number of imidazole rings is 1. The van der Waals surface area contributed by atoms with Crippen molar-refractivity contribution in [2.24, 2.45) is 11.3 Å². The van der Waals surface area contributed by atoms with Gasteiger partial charge >= 0.3 is 0 Å². The minimum Gasteiger partial charge on any atom is -0.373 e. The Kier molecular flexibility index (Phi) is 6.96. The second kappa shape index (κ2) is 10.2. The fraction of sp³-hybridized carbons (Fsp3) is 0.571. The lowest BCUT2D eigenvalue weighted by Gasteiger charge is -2.61. The van der Waals surface area contributed by atoms with Crippen LogP contribution in [0.4, 0.5) is 4.39 Å². The summed E-state index contributed by atoms with van der Waals surface area (Å²) in [5.74, 6) is 0.776. The summed E-state index contributed by atoms with van der Waals surface area (Å²) in [6, 6.07) is 0.500. The Hall–Kier alpha value is -2.10. The van der Waals surface area contributed by atoms with E-state index in [0.29, 0.717) is 59.4 Å². The molecule has 2 fully saturated rings. The summed E-state index contributed by atoms with van der Waals surface area (Å²) in [5, 5.41) is 14.8. The lowest BCUT2D eigenvalue weighted by Crippen LogP contribution is -2.66. The number of aliphatic hydroxyl groups excluding tert-OH is 1. The zero-order valence-corrected chi connectivity index (χ0v) is 21.9. The van der Waals surface area contributed by atoms with Gasteiger partial charge in [0.05, 0.1) is 34.8 Å². The van der Waals surface area contributed by atoms with E-state index in [0.717, 1.165) is 44.5 Å². The van der Waals surface area contributed by atoms with Crippen molar-refractivity contribution >= 4 is 17.4 Å². The number of halogens is 2. The van der Waals surface area contributed by atoms with E-state index >= 15 is 0 Å². The number of aromatic nitrogens is 3. The lowest BCUT2D eigenvalue weighted by molar-refractivity contribution is -0.167. The monoisotopic (exact) mass is 527 g/mol. The molecule has 7 nitrogen and oxygen atoms in total. The maximum absolute atomic E-state index is 13.1. The summed E-state index contributed by atoms with van der Waals surface area (Å²) in [6.07, 6.45) is 18.3.